The quantitative estimate of drug-likeness (QED) is 0.435. The van der Waals surface area contributed by atoms with Crippen LogP contribution in [0, 0.1) is 0 Å². The molecule has 4 rings (SSSR count). The first-order valence-corrected chi connectivity index (χ1v) is 12.1. The van der Waals surface area contributed by atoms with Crippen molar-refractivity contribution >= 4 is 49.7 Å². The van der Waals surface area contributed by atoms with Crippen LogP contribution in [0.5, 0.6) is 0 Å². The Hall–Kier alpha value is -3.21. The zero-order valence-electron chi connectivity index (χ0n) is 16.1. The van der Waals surface area contributed by atoms with Crippen LogP contribution >= 0.6 is 22.9 Å². The highest BCUT2D eigenvalue weighted by Gasteiger charge is 2.13. The molecule has 4 aromatic rings. The number of hydrogen-bond donors (Lipinski definition) is 2. The predicted molar refractivity (Wildman–Crippen MR) is 123 cm³/mol. The lowest BCUT2D eigenvalue weighted by atomic mass is 10.1. The van der Waals surface area contributed by atoms with E-state index in [1.165, 1.54) is 17.5 Å². The summed E-state index contributed by atoms with van der Waals surface area (Å²) in [5.74, 6) is -0.325. The molecule has 2 aromatic heterocycles. The maximum Gasteiger partial charge on any atom is 0.260 e. The number of thiazole rings is 1. The molecular weight excluding hydrogens is 458 g/mol. The van der Waals surface area contributed by atoms with Crippen molar-refractivity contribution in [3.8, 4) is 16.9 Å². The van der Waals surface area contributed by atoms with Crippen molar-refractivity contribution in [3.63, 3.8) is 0 Å². The number of amides is 1. The van der Waals surface area contributed by atoms with Crippen LogP contribution in [0.2, 0.25) is 5.02 Å². The molecule has 0 aliphatic carbocycles. The predicted octanol–water partition coefficient (Wildman–Crippen LogP) is 4.27. The minimum Gasteiger partial charge on any atom is -0.298 e. The number of rotatable bonds is 6. The zero-order valence-corrected chi connectivity index (χ0v) is 18.5. The molecule has 2 N–H and O–H groups in total. The molecule has 158 valence electrons. The van der Waals surface area contributed by atoms with Gasteiger partial charge in [0.05, 0.1) is 29.4 Å². The van der Waals surface area contributed by atoms with Gasteiger partial charge in [0.25, 0.3) is 5.91 Å². The van der Waals surface area contributed by atoms with Crippen LogP contribution in [0.3, 0.4) is 0 Å². The van der Waals surface area contributed by atoms with Gasteiger partial charge in [0, 0.05) is 27.9 Å². The van der Waals surface area contributed by atoms with Crippen molar-refractivity contribution in [1.29, 1.82) is 0 Å². The van der Waals surface area contributed by atoms with Crippen LogP contribution in [0.4, 0.5) is 10.8 Å². The number of hydrogen-bond acceptors (Lipinski definition) is 6. The first-order chi connectivity index (χ1) is 14.8. The summed E-state index contributed by atoms with van der Waals surface area (Å²) >= 11 is 7.19. The third kappa shape index (κ3) is 5.29. The molecule has 8 nitrogen and oxygen atoms in total. The first kappa shape index (κ1) is 21.0. The van der Waals surface area contributed by atoms with Crippen molar-refractivity contribution in [2.24, 2.45) is 0 Å². The van der Waals surface area contributed by atoms with Crippen LogP contribution in [-0.4, -0.2) is 35.3 Å². The topological polar surface area (TPSA) is 106 Å². The zero-order chi connectivity index (χ0) is 22.0. The normalized spacial score (nSPS) is 11.3. The number of aromatic nitrogens is 3. The highest BCUT2D eigenvalue weighted by atomic mass is 35.5. The number of carbonyl (C=O) groups is 1. The molecule has 0 unspecified atom stereocenters. The summed E-state index contributed by atoms with van der Waals surface area (Å²) in [6.07, 6.45) is 4.20. The summed E-state index contributed by atoms with van der Waals surface area (Å²) in [6, 6.07) is 13.9. The lowest BCUT2D eigenvalue weighted by molar-refractivity contribution is 0.102. The minimum absolute atomic E-state index is 0.325. The SMILES string of the molecule is CS(=O)(=O)Nc1ccc(-c2csc(NC(=O)c3cnn(-c4ccc(Cl)cc4)c3)n2)cc1. The number of nitrogens with one attached hydrogen (secondary N) is 2. The van der Waals surface area contributed by atoms with E-state index in [4.69, 9.17) is 11.6 Å². The lowest BCUT2D eigenvalue weighted by Gasteiger charge is -2.04. The van der Waals surface area contributed by atoms with Gasteiger partial charge in [0.2, 0.25) is 10.0 Å². The molecule has 31 heavy (non-hydrogen) atoms. The van der Waals surface area contributed by atoms with Gasteiger partial charge in [-0.3, -0.25) is 14.8 Å². The Morgan fingerprint density at radius 1 is 1.10 bits per heavy atom. The second kappa shape index (κ2) is 8.50. The number of carbonyl (C=O) groups excluding carboxylic acids is 1. The van der Waals surface area contributed by atoms with Crippen molar-refractivity contribution in [3.05, 3.63) is 76.9 Å². The average Bonchev–Trinajstić information content (AvgIpc) is 3.38. The first-order valence-electron chi connectivity index (χ1n) is 8.92. The summed E-state index contributed by atoms with van der Waals surface area (Å²) in [4.78, 5) is 17.0. The molecule has 0 aliphatic rings. The van der Waals surface area contributed by atoms with Crippen molar-refractivity contribution < 1.29 is 13.2 Å². The van der Waals surface area contributed by atoms with E-state index < -0.39 is 10.0 Å². The Morgan fingerprint density at radius 2 is 1.81 bits per heavy atom. The second-order valence-corrected chi connectivity index (χ2v) is 9.64. The van der Waals surface area contributed by atoms with E-state index in [2.05, 4.69) is 20.1 Å². The third-order valence-corrected chi connectivity index (χ3v) is 5.76. The van der Waals surface area contributed by atoms with E-state index in [9.17, 15) is 13.2 Å². The number of sulfonamides is 1. The Kier molecular flexibility index (Phi) is 5.77. The number of nitrogens with zero attached hydrogens (tertiary/aromatic N) is 3. The maximum atomic E-state index is 12.6. The van der Waals surface area contributed by atoms with Gasteiger partial charge >= 0.3 is 0 Å². The summed E-state index contributed by atoms with van der Waals surface area (Å²) in [6.45, 7) is 0. The van der Waals surface area contributed by atoms with E-state index in [0.717, 1.165) is 17.5 Å². The Bertz CT molecular complexity index is 1330. The highest BCUT2D eigenvalue weighted by molar-refractivity contribution is 7.92. The van der Waals surface area contributed by atoms with Gasteiger partial charge in [-0.1, -0.05) is 23.7 Å². The molecule has 11 heteroatoms. The summed E-state index contributed by atoms with van der Waals surface area (Å²) < 4.78 is 26.6. The molecule has 0 spiro atoms. The summed E-state index contributed by atoms with van der Waals surface area (Å²) in [5, 5.41) is 9.85. The Morgan fingerprint density at radius 3 is 2.48 bits per heavy atom. The number of anilines is 2. The van der Waals surface area contributed by atoms with E-state index in [1.54, 1.807) is 59.4 Å². The third-order valence-electron chi connectivity index (χ3n) is 4.14. The maximum absolute atomic E-state index is 12.6. The van der Waals surface area contributed by atoms with Crippen molar-refractivity contribution in [2.45, 2.75) is 0 Å². The van der Waals surface area contributed by atoms with Gasteiger partial charge in [-0.15, -0.1) is 11.3 Å². The van der Waals surface area contributed by atoms with Crippen LogP contribution in [0.25, 0.3) is 16.9 Å². The Balaban J connectivity index is 1.44. The monoisotopic (exact) mass is 473 g/mol. The van der Waals surface area contributed by atoms with Crippen molar-refractivity contribution in [1.82, 2.24) is 14.8 Å². The van der Waals surface area contributed by atoms with Gasteiger partial charge in [0.1, 0.15) is 0 Å². The van der Waals surface area contributed by atoms with Gasteiger partial charge < -0.3 is 0 Å². The number of halogens is 1. The fourth-order valence-corrected chi connectivity index (χ4v) is 4.14. The smallest absolute Gasteiger partial charge is 0.260 e. The lowest BCUT2D eigenvalue weighted by Crippen LogP contribution is -2.10. The molecular formula is C20H16ClN5O3S2. The molecule has 1 amide bonds. The molecule has 0 radical (unpaired) electrons. The van der Waals surface area contributed by atoms with Crippen LogP contribution in [-0.2, 0) is 10.0 Å². The Labute approximate surface area is 187 Å². The summed E-state index contributed by atoms with van der Waals surface area (Å²) in [5.41, 5.74) is 3.11. The van der Waals surface area contributed by atoms with E-state index in [0.29, 0.717) is 27.1 Å². The molecule has 0 fully saturated rings. The largest absolute Gasteiger partial charge is 0.298 e. The van der Waals surface area contributed by atoms with E-state index >= 15 is 0 Å². The van der Waals surface area contributed by atoms with Crippen LogP contribution < -0.4 is 10.0 Å². The standard InChI is InChI=1S/C20H16ClN5O3S2/c1-31(28,29)25-16-6-2-13(3-7-16)18-12-30-20(23-18)24-19(27)14-10-22-26(11-14)17-8-4-15(21)5-9-17/h2-12,25H,1H3,(H,23,24,27). The number of benzene rings is 2. The van der Waals surface area contributed by atoms with Gasteiger partial charge in [0.15, 0.2) is 5.13 Å². The van der Waals surface area contributed by atoms with Gasteiger partial charge in [-0.25, -0.2) is 18.1 Å². The van der Waals surface area contributed by atoms with Gasteiger partial charge in [-0.05, 0) is 36.4 Å². The molecule has 0 atom stereocenters. The minimum atomic E-state index is -3.33. The van der Waals surface area contributed by atoms with E-state index in [-0.39, 0.29) is 5.91 Å². The molecule has 0 aliphatic heterocycles. The van der Waals surface area contributed by atoms with Crippen LogP contribution in [0.1, 0.15) is 10.4 Å². The second-order valence-electron chi connectivity index (χ2n) is 6.59. The highest BCUT2D eigenvalue weighted by Crippen LogP contribution is 2.26. The average molecular weight is 474 g/mol. The molecule has 0 saturated heterocycles. The van der Waals surface area contributed by atoms with Crippen molar-refractivity contribution in [2.75, 3.05) is 16.3 Å². The molecule has 2 heterocycles. The van der Waals surface area contributed by atoms with Crippen LogP contribution in [0.15, 0.2) is 66.3 Å². The van der Waals surface area contributed by atoms with E-state index in [1.807, 2.05) is 5.38 Å². The fourth-order valence-electron chi connectivity index (χ4n) is 2.73. The fraction of sp³-hybridized carbons (Fsp3) is 0.0500. The molecule has 0 bridgehead atoms. The molecule has 2 aromatic carbocycles. The summed E-state index contributed by atoms with van der Waals surface area (Å²) in [7, 11) is -3.33. The van der Waals surface area contributed by atoms with Gasteiger partial charge in [-0.2, -0.15) is 5.10 Å². The molecule has 0 saturated carbocycles.